The highest BCUT2D eigenvalue weighted by Gasteiger charge is 2.48. The second-order valence-electron chi connectivity index (χ2n) is 8.28. The summed E-state index contributed by atoms with van der Waals surface area (Å²) in [5.41, 5.74) is -0.191. The number of hydrogen-bond donors (Lipinski definition) is 2. The molecular formula is C21H31NO4. The number of ether oxygens (including phenoxy) is 2. The second kappa shape index (κ2) is 7.47. The number of benzene rings is 1. The van der Waals surface area contributed by atoms with E-state index >= 15 is 0 Å². The van der Waals surface area contributed by atoms with Crippen molar-refractivity contribution in [1.29, 1.82) is 0 Å². The molecule has 4 atom stereocenters. The Bertz CT molecular complexity index is 659. The van der Waals surface area contributed by atoms with Gasteiger partial charge < -0.3 is 19.9 Å². The van der Waals surface area contributed by atoms with E-state index in [0.29, 0.717) is 25.5 Å². The van der Waals surface area contributed by atoms with Crippen LogP contribution < -0.4 is 14.8 Å². The fourth-order valence-corrected chi connectivity index (χ4v) is 4.56. The van der Waals surface area contributed by atoms with Gasteiger partial charge in [0.15, 0.2) is 0 Å². The zero-order chi connectivity index (χ0) is 18.9. The van der Waals surface area contributed by atoms with Gasteiger partial charge in [0.1, 0.15) is 17.1 Å². The van der Waals surface area contributed by atoms with Crippen molar-refractivity contribution in [1.82, 2.24) is 5.32 Å². The Morgan fingerprint density at radius 2 is 2.19 bits per heavy atom. The van der Waals surface area contributed by atoms with E-state index in [0.717, 1.165) is 29.9 Å². The minimum absolute atomic E-state index is 0.00933. The third kappa shape index (κ3) is 3.54. The van der Waals surface area contributed by atoms with E-state index in [2.05, 4.69) is 26.1 Å². The van der Waals surface area contributed by atoms with Crippen molar-refractivity contribution in [2.45, 2.75) is 51.6 Å². The Kier molecular flexibility index (Phi) is 5.47. The molecule has 0 bridgehead atoms. The highest BCUT2D eigenvalue weighted by atomic mass is 16.5. The molecule has 2 aliphatic rings. The molecule has 0 radical (unpaired) electrons. The van der Waals surface area contributed by atoms with E-state index < -0.39 is 5.60 Å². The SMILES string of the molecule is COc1ccc2c(c1)OCC2CNC(=O)[C@]1(O)C[C@H](C)CC[C@H]1C(C)C. The first-order valence-corrected chi connectivity index (χ1v) is 9.66. The van der Waals surface area contributed by atoms with E-state index in [1.807, 2.05) is 18.2 Å². The van der Waals surface area contributed by atoms with E-state index in [1.165, 1.54) is 0 Å². The molecule has 1 aliphatic heterocycles. The lowest BCUT2D eigenvalue weighted by molar-refractivity contribution is -0.155. The number of methoxy groups -OCH3 is 1. The highest BCUT2D eigenvalue weighted by Crippen LogP contribution is 2.41. The molecule has 3 rings (SSSR count). The third-order valence-electron chi connectivity index (χ3n) is 6.05. The highest BCUT2D eigenvalue weighted by molar-refractivity contribution is 5.85. The Morgan fingerprint density at radius 1 is 1.42 bits per heavy atom. The van der Waals surface area contributed by atoms with Crippen LogP contribution in [0.25, 0.3) is 0 Å². The summed E-state index contributed by atoms with van der Waals surface area (Å²) in [4.78, 5) is 12.9. The lowest BCUT2D eigenvalue weighted by Crippen LogP contribution is -2.56. The molecule has 1 aromatic carbocycles. The van der Waals surface area contributed by atoms with Crippen LogP contribution in [0.4, 0.5) is 0 Å². The molecule has 0 saturated heterocycles. The largest absolute Gasteiger partial charge is 0.497 e. The van der Waals surface area contributed by atoms with Gasteiger partial charge in [-0.25, -0.2) is 0 Å². The lowest BCUT2D eigenvalue weighted by atomic mass is 9.66. The number of carbonyl (C=O) groups excluding carboxylic acids is 1. The van der Waals surface area contributed by atoms with Crippen molar-refractivity contribution in [3.63, 3.8) is 0 Å². The van der Waals surface area contributed by atoms with Crippen LogP contribution >= 0.6 is 0 Å². The van der Waals surface area contributed by atoms with Gasteiger partial charge in [0.25, 0.3) is 5.91 Å². The number of amides is 1. The van der Waals surface area contributed by atoms with Crippen LogP contribution in [0.15, 0.2) is 18.2 Å². The van der Waals surface area contributed by atoms with Crippen LogP contribution in [0.1, 0.15) is 51.5 Å². The van der Waals surface area contributed by atoms with Crippen molar-refractivity contribution < 1.29 is 19.4 Å². The van der Waals surface area contributed by atoms with Crippen molar-refractivity contribution >= 4 is 5.91 Å². The molecule has 1 saturated carbocycles. The Balaban J connectivity index is 1.67. The smallest absolute Gasteiger partial charge is 0.252 e. The average molecular weight is 361 g/mol. The summed E-state index contributed by atoms with van der Waals surface area (Å²) in [6, 6.07) is 5.78. The van der Waals surface area contributed by atoms with Gasteiger partial charge in [-0.3, -0.25) is 4.79 Å². The minimum Gasteiger partial charge on any atom is -0.497 e. The van der Waals surface area contributed by atoms with Crippen LogP contribution in [-0.4, -0.2) is 36.9 Å². The standard InChI is InChI=1S/C21H31NO4/c1-13(2)18-8-5-14(3)10-21(18,24)20(23)22-11-15-12-26-19-9-16(25-4)6-7-17(15)19/h6-7,9,13-15,18,24H,5,8,10-12H2,1-4H3,(H,22,23)/t14-,15?,18+,21+/m1/s1. The Labute approximate surface area is 156 Å². The molecule has 144 valence electrons. The normalized spacial score (nSPS) is 30.6. The molecule has 1 amide bonds. The van der Waals surface area contributed by atoms with Crippen molar-refractivity contribution in [2.24, 2.45) is 17.8 Å². The van der Waals surface area contributed by atoms with Gasteiger partial charge in [0.05, 0.1) is 13.7 Å². The van der Waals surface area contributed by atoms with Crippen molar-refractivity contribution in [3.8, 4) is 11.5 Å². The fourth-order valence-electron chi connectivity index (χ4n) is 4.56. The topological polar surface area (TPSA) is 67.8 Å². The number of carbonyl (C=O) groups is 1. The summed E-state index contributed by atoms with van der Waals surface area (Å²) in [6.07, 6.45) is 2.51. The second-order valence-corrected chi connectivity index (χ2v) is 8.28. The Morgan fingerprint density at radius 3 is 2.88 bits per heavy atom. The molecule has 1 heterocycles. The molecule has 2 N–H and O–H groups in total. The lowest BCUT2D eigenvalue weighted by Gasteiger charge is -2.43. The first-order chi connectivity index (χ1) is 12.3. The van der Waals surface area contributed by atoms with Gasteiger partial charge in [-0.2, -0.15) is 0 Å². The number of nitrogens with one attached hydrogen (secondary N) is 1. The predicted octanol–water partition coefficient (Wildman–Crippen LogP) is 3.11. The molecule has 1 aromatic rings. The Hall–Kier alpha value is -1.75. The number of rotatable bonds is 5. The van der Waals surface area contributed by atoms with E-state index in [9.17, 15) is 9.90 Å². The first kappa shape index (κ1) is 19.0. The molecule has 1 unspecified atom stereocenters. The van der Waals surface area contributed by atoms with E-state index in [-0.39, 0.29) is 23.7 Å². The first-order valence-electron chi connectivity index (χ1n) is 9.66. The third-order valence-corrected chi connectivity index (χ3v) is 6.05. The fraction of sp³-hybridized carbons (Fsp3) is 0.667. The van der Waals surface area contributed by atoms with E-state index in [1.54, 1.807) is 7.11 Å². The summed E-state index contributed by atoms with van der Waals surface area (Å²) in [5, 5.41) is 14.2. The number of fused-ring (bicyclic) bond motifs is 1. The van der Waals surface area contributed by atoms with Gasteiger partial charge in [0.2, 0.25) is 0 Å². The molecule has 0 aromatic heterocycles. The molecule has 1 aliphatic carbocycles. The minimum atomic E-state index is -1.27. The monoisotopic (exact) mass is 361 g/mol. The summed E-state index contributed by atoms with van der Waals surface area (Å²) < 4.78 is 11.0. The van der Waals surface area contributed by atoms with Crippen LogP contribution in [0.2, 0.25) is 0 Å². The van der Waals surface area contributed by atoms with Crippen LogP contribution in [-0.2, 0) is 4.79 Å². The predicted molar refractivity (Wildman–Crippen MR) is 101 cm³/mol. The van der Waals surface area contributed by atoms with Gasteiger partial charge in [0, 0.05) is 24.1 Å². The van der Waals surface area contributed by atoms with Crippen LogP contribution in [0.3, 0.4) is 0 Å². The maximum atomic E-state index is 12.9. The van der Waals surface area contributed by atoms with E-state index in [4.69, 9.17) is 9.47 Å². The number of aliphatic hydroxyl groups is 1. The maximum absolute atomic E-state index is 12.9. The van der Waals surface area contributed by atoms with Gasteiger partial charge in [-0.1, -0.05) is 33.3 Å². The zero-order valence-corrected chi connectivity index (χ0v) is 16.2. The van der Waals surface area contributed by atoms with Crippen LogP contribution in [0, 0.1) is 17.8 Å². The average Bonchev–Trinajstić information content (AvgIpc) is 3.01. The van der Waals surface area contributed by atoms with Crippen molar-refractivity contribution in [2.75, 3.05) is 20.3 Å². The summed E-state index contributed by atoms with van der Waals surface area (Å²) in [5.74, 6) is 2.10. The molecule has 5 nitrogen and oxygen atoms in total. The van der Waals surface area contributed by atoms with Gasteiger partial charge in [-0.05, 0) is 36.7 Å². The molecule has 26 heavy (non-hydrogen) atoms. The number of hydrogen-bond acceptors (Lipinski definition) is 4. The molecule has 0 spiro atoms. The van der Waals surface area contributed by atoms with Crippen molar-refractivity contribution in [3.05, 3.63) is 23.8 Å². The summed E-state index contributed by atoms with van der Waals surface area (Å²) in [6.45, 7) is 7.30. The quantitative estimate of drug-likeness (QED) is 0.846. The summed E-state index contributed by atoms with van der Waals surface area (Å²) >= 11 is 0. The van der Waals surface area contributed by atoms with Gasteiger partial charge >= 0.3 is 0 Å². The summed E-state index contributed by atoms with van der Waals surface area (Å²) in [7, 11) is 1.63. The zero-order valence-electron chi connectivity index (χ0n) is 16.2. The van der Waals surface area contributed by atoms with Gasteiger partial charge in [-0.15, -0.1) is 0 Å². The maximum Gasteiger partial charge on any atom is 0.252 e. The molecule has 5 heteroatoms. The van der Waals surface area contributed by atoms with Crippen LogP contribution in [0.5, 0.6) is 11.5 Å². The molecular weight excluding hydrogens is 330 g/mol. The molecule has 1 fully saturated rings.